The number of amides is 2. The minimum Gasteiger partial charge on any atom is -0.347 e. The Hall–Kier alpha value is -2.92. The van der Waals surface area contributed by atoms with Gasteiger partial charge in [-0.1, -0.05) is 48.6 Å². The van der Waals surface area contributed by atoms with E-state index in [0.29, 0.717) is 0 Å². The van der Waals surface area contributed by atoms with Gasteiger partial charge in [0.2, 0.25) is 0 Å². The zero-order valence-electron chi connectivity index (χ0n) is 17.4. The Bertz CT molecular complexity index is 1270. The van der Waals surface area contributed by atoms with Gasteiger partial charge in [-0.25, -0.2) is 0 Å². The maximum Gasteiger partial charge on any atom is 0.257 e. The highest BCUT2D eigenvalue weighted by atomic mass is 16.6. The highest BCUT2D eigenvalue weighted by Crippen LogP contribution is 2.69. The molecule has 9 rings (SSSR count). The topological polar surface area (TPSA) is 53.2 Å². The van der Waals surface area contributed by atoms with Gasteiger partial charge in [-0.2, -0.15) is 0 Å². The summed E-state index contributed by atoms with van der Waals surface area (Å²) in [4.78, 5) is 31.2. The molecule has 2 aromatic rings. The largest absolute Gasteiger partial charge is 0.347 e. The Balaban J connectivity index is 1.40. The van der Waals surface area contributed by atoms with Gasteiger partial charge in [-0.3, -0.25) is 9.59 Å². The van der Waals surface area contributed by atoms with Crippen LogP contribution in [0.15, 0.2) is 60.7 Å². The normalized spacial score (nSPS) is 44.5. The monoisotopic (exact) mass is 410 g/mol. The summed E-state index contributed by atoms with van der Waals surface area (Å²) < 4.78 is 6.21. The average Bonchev–Trinajstić information content (AvgIpc) is 3.49. The maximum atomic E-state index is 13.6. The second kappa shape index (κ2) is 4.78. The smallest absolute Gasteiger partial charge is 0.257 e. The van der Waals surface area contributed by atoms with Crippen molar-refractivity contribution in [2.24, 2.45) is 17.8 Å². The lowest BCUT2D eigenvalue weighted by Crippen LogP contribution is -2.72. The van der Waals surface area contributed by atoms with Gasteiger partial charge < -0.3 is 14.5 Å². The molecule has 0 N–H and O–H groups in total. The van der Waals surface area contributed by atoms with Crippen molar-refractivity contribution in [3.05, 3.63) is 82.9 Å². The van der Waals surface area contributed by atoms with Crippen LogP contribution >= 0.6 is 0 Å². The third-order valence-electron chi connectivity index (χ3n) is 9.29. The molecule has 2 aromatic carbocycles. The minimum atomic E-state index is -0.445. The molecule has 3 saturated heterocycles. The van der Waals surface area contributed by atoms with E-state index in [1.54, 1.807) is 0 Å². The molecule has 2 unspecified atom stereocenters. The first-order valence-corrected chi connectivity index (χ1v) is 11.2. The average molecular weight is 410 g/mol. The van der Waals surface area contributed by atoms with Gasteiger partial charge in [0.05, 0.1) is 17.1 Å². The fourth-order valence-corrected chi connectivity index (χ4v) is 8.12. The minimum absolute atomic E-state index is 0.00477. The van der Waals surface area contributed by atoms with Crippen LogP contribution in [0, 0.1) is 17.8 Å². The third-order valence-corrected chi connectivity index (χ3v) is 9.29. The summed E-state index contributed by atoms with van der Waals surface area (Å²) in [5, 5.41) is 0. The predicted octanol–water partition coefficient (Wildman–Crippen LogP) is 3.27. The summed E-state index contributed by atoms with van der Waals surface area (Å²) >= 11 is 0. The summed E-state index contributed by atoms with van der Waals surface area (Å²) in [6.45, 7) is 4.46. The van der Waals surface area contributed by atoms with E-state index in [1.165, 1.54) is 0 Å². The number of ether oxygens (including phenoxy) is 1. The number of rotatable bonds is 0. The molecule has 31 heavy (non-hydrogen) atoms. The van der Waals surface area contributed by atoms with Crippen molar-refractivity contribution in [2.75, 3.05) is 0 Å². The fraction of sp³-hybridized carbons (Fsp3) is 0.385. The Morgan fingerprint density at radius 3 is 2.13 bits per heavy atom. The van der Waals surface area contributed by atoms with Crippen molar-refractivity contribution < 1.29 is 14.3 Å². The lowest BCUT2D eigenvalue weighted by molar-refractivity contribution is -0.123. The molecule has 0 aromatic heterocycles. The molecule has 3 fully saturated rings. The van der Waals surface area contributed by atoms with Crippen LogP contribution in [0.4, 0.5) is 0 Å². The van der Waals surface area contributed by atoms with Crippen LogP contribution in [0.1, 0.15) is 45.7 Å². The van der Waals surface area contributed by atoms with E-state index in [9.17, 15) is 9.59 Å². The van der Waals surface area contributed by atoms with Crippen LogP contribution in [0.3, 0.4) is 0 Å². The summed E-state index contributed by atoms with van der Waals surface area (Å²) in [6.07, 6.45) is 4.37. The molecule has 6 heterocycles. The molecule has 0 radical (unpaired) electrons. The molecule has 6 aliphatic heterocycles. The number of hydrogen-bond donors (Lipinski definition) is 0. The van der Waals surface area contributed by atoms with Gasteiger partial charge in [0, 0.05) is 28.9 Å². The standard InChI is InChI=1S/C26H22N2O3/c1-25-15-9-5-3-7-13(15)22(29)27(25)18-12-11-17(25)20-19(18)21-24(31-21)28-23(30)14-8-4-6-10-16(14)26(20,28)2/h3-12,17-21,24H,1-2H3/t17?,18?,19-,20+,21-,24-,25+,26+/m0/s1. The van der Waals surface area contributed by atoms with Gasteiger partial charge >= 0.3 is 0 Å². The Labute approximate surface area is 180 Å². The van der Waals surface area contributed by atoms with Gasteiger partial charge in [0.15, 0.2) is 6.23 Å². The SMILES string of the molecule is C[C@]12c3ccccc3C(=O)N1C1C=CC2[C@@H]2[C@H]1[C@@H]1O[C@@H]1N1C(=O)c3ccccc3[C@]21C. The van der Waals surface area contributed by atoms with Crippen molar-refractivity contribution in [1.29, 1.82) is 0 Å². The number of epoxide rings is 1. The Kier molecular flexibility index (Phi) is 2.58. The lowest BCUT2D eigenvalue weighted by Gasteiger charge is -2.64. The van der Waals surface area contributed by atoms with Crippen molar-refractivity contribution in [1.82, 2.24) is 9.80 Å². The van der Waals surface area contributed by atoms with Crippen LogP contribution in [-0.4, -0.2) is 40.0 Å². The van der Waals surface area contributed by atoms with Crippen LogP contribution in [0.2, 0.25) is 0 Å². The number of hydrogen-bond acceptors (Lipinski definition) is 3. The highest BCUT2D eigenvalue weighted by Gasteiger charge is 2.77. The number of fused-ring (bicyclic) bond motifs is 6. The van der Waals surface area contributed by atoms with Crippen molar-refractivity contribution in [2.45, 2.75) is 43.3 Å². The Morgan fingerprint density at radius 2 is 1.42 bits per heavy atom. The van der Waals surface area contributed by atoms with Crippen LogP contribution < -0.4 is 0 Å². The van der Waals surface area contributed by atoms with E-state index in [0.717, 1.165) is 22.3 Å². The maximum absolute atomic E-state index is 13.6. The van der Waals surface area contributed by atoms with Gasteiger partial charge in [0.1, 0.15) is 6.10 Å². The molecule has 0 spiro atoms. The van der Waals surface area contributed by atoms with E-state index in [-0.39, 0.29) is 47.9 Å². The molecule has 1 aliphatic carbocycles. The summed E-state index contributed by atoms with van der Waals surface area (Å²) in [6, 6.07) is 16.1. The molecule has 2 amide bonds. The molecule has 0 saturated carbocycles. The molecule has 154 valence electrons. The first-order valence-electron chi connectivity index (χ1n) is 11.2. The van der Waals surface area contributed by atoms with Gasteiger partial charge in [0.25, 0.3) is 11.8 Å². The van der Waals surface area contributed by atoms with Crippen LogP contribution in [0.5, 0.6) is 0 Å². The number of benzene rings is 2. The molecule has 7 aliphatic rings. The first-order chi connectivity index (χ1) is 15.0. The van der Waals surface area contributed by atoms with Gasteiger partial charge in [-0.05, 0) is 37.1 Å². The fourth-order valence-electron chi connectivity index (χ4n) is 8.12. The van der Waals surface area contributed by atoms with E-state index >= 15 is 0 Å². The molecular weight excluding hydrogens is 388 g/mol. The number of nitrogens with zero attached hydrogens (tertiary/aromatic N) is 2. The summed E-state index contributed by atoms with van der Waals surface area (Å²) in [7, 11) is 0. The van der Waals surface area contributed by atoms with Crippen molar-refractivity contribution in [3.8, 4) is 0 Å². The summed E-state index contributed by atoms with van der Waals surface area (Å²) in [5.41, 5.74) is 2.99. The third kappa shape index (κ3) is 1.51. The zero-order chi connectivity index (χ0) is 20.9. The van der Waals surface area contributed by atoms with E-state index < -0.39 is 11.1 Å². The number of piperidine rings is 2. The molecule has 8 atom stereocenters. The van der Waals surface area contributed by atoms with E-state index in [4.69, 9.17) is 4.74 Å². The van der Waals surface area contributed by atoms with Gasteiger partial charge in [-0.15, -0.1) is 0 Å². The zero-order valence-corrected chi connectivity index (χ0v) is 17.4. The summed E-state index contributed by atoms with van der Waals surface area (Å²) in [5.74, 6) is 0.681. The first kappa shape index (κ1) is 16.7. The second-order valence-electron chi connectivity index (χ2n) is 10.2. The Morgan fingerprint density at radius 1 is 0.806 bits per heavy atom. The number of carbonyl (C=O) groups is 2. The molecular formula is C26H22N2O3. The quantitative estimate of drug-likeness (QED) is 0.495. The van der Waals surface area contributed by atoms with E-state index in [2.05, 4.69) is 43.0 Å². The second-order valence-corrected chi connectivity index (χ2v) is 10.2. The van der Waals surface area contributed by atoms with Crippen LogP contribution in [0.25, 0.3) is 0 Å². The van der Waals surface area contributed by atoms with E-state index in [1.807, 2.05) is 41.3 Å². The lowest BCUT2D eigenvalue weighted by atomic mass is 9.51. The number of carbonyl (C=O) groups excluding carboxylic acids is 2. The highest BCUT2D eigenvalue weighted by molar-refractivity contribution is 6.02. The van der Waals surface area contributed by atoms with Crippen molar-refractivity contribution >= 4 is 11.8 Å². The van der Waals surface area contributed by atoms with Crippen LogP contribution in [-0.2, 0) is 15.8 Å². The predicted molar refractivity (Wildman–Crippen MR) is 112 cm³/mol. The molecule has 5 heteroatoms. The van der Waals surface area contributed by atoms with Crippen molar-refractivity contribution in [3.63, 3.8) is 0 Å². The molecule has 2 bridgehead atoms. The molecule has 5 nitrogen and oxygen atoms in total.